The first-order valence-electron chi connectivity index (χ1n) is 9.32. The SMILES string of the molecule is CCNC(=O)NC(=O)C(C)Sc1nnc(-c2cccc(C)c2)n1-c1ccccc1. The van der Waals surface area contributed by atoms with Crippen molar-refractivity contribution >= 4 is 23.7 Å². The first-order valence-corrected chi connectivity index (χ1v) is 10.2. The molecule has 150 valence electrons. The van der Waals surface area contributed by atoms with Gasteiger partial charge < -0.3 is 5.32 Å². The van der Waals surface area contributed by atoms with Crippen molar-refractivity contribution in [2.45, 2.75) is 31.2 Å². The van der Waals surface area contributed by atoms with E-state index in [2.05, 4.69) is 20.8 Å². The van der Waals surface area contributed by atoms with Gasteiger partial charge in [0.25, 0.3) is 0 Å². The van der Waals surface area contributed by atoms with Gasteiger partial charge >= 0.3 is 6.03 Å². The van der Waals surface area contributed by atoms with Crippen LogP contribution in [0.4, 0.5) is 4.79 Å². The lowest BCUT2D eigenvalue weighted by Gasteiger charge is -2.14. The number of carbonyl (C=O) groups is 2. The standard InChI is InChI=1S/C21H23N5O2S/c1-4-22-20(28)23-19(27)15(3)29-21-25-24-18(16-10-8-9-14(2)13-16)26(21)17-11-6-5-7-12-17/h5-13,15H,4H2,1-3H3,(H2,22,23,27,28). The zero-order valence-corrected chi connectivity index (χ0v) is 17.4. The molecule has 0 spiro atoms. The van der Waals surface area contributed by atoms with Crippen LogP contribution in [0, 0.1) is 6.92 Å². The van der Waals surface area contributed by atoms with Gasteiger partial charge in [-0.3, -0.25) is 14.7 Å². The quantitative estimate of drug-likeness (QED) is 0.608. The smallest absolute Gasteiger partial charge is 0.321 e. The zero-order valence-electron chi connectivity index (χ0n) is 16.5. The maximum atomic E-state index is 12.4. The molecular formula is C21H23N5O2S. The Kier molecular flexibility index (Phi) is 6.66. The summed E-state index contributed by atoms with van der Waals surface area (Å²) in [4.78, 5) is 24.0. The van der Waals surface area contributed by atoms with Crippen LogP contribution in [0.5, 0.6) is 0 Å². The number of urea groups is 1. The molecule has 3 aromatic rings. The molecule has 3 rings (SSSR count). The third-order valence-corrected chi connectivity index (χ3v) is 5.19. The Morgan fingerprint density at radius 3 is 2.55 bits per heavy atom. The van der Waals surface area contributed by atoms with Crippen LogP contribution in [0.15, 0.2) is 59.8 Å². The van der Waals surface area contributed by atoms with Crippen molar-refractivity contribution in [1.29, 1.82) is 0 Å². The molecule has 0 radical (unpaired) electrons. The molecule has 1 atom stereocenters. The van der Waals surface area contributed by atoms with E-state index in [9.17, 15) is 9.59 Å². The lowest BCUT2D eigenvalue weighted by atomic mass is 10.1. The Morgan fingerprint density at radius 1 is 1.10 bits per heavy atom. The highest BCUT2D eigenvalue weighted by Crippen LogP contribution is 2.30. The van der Waals surface area contributed by atoms with Crippen molar-refractivity contribution in [1.82, 2.24) is 25.4 Å². The summed E-state index contributed by atoms with van der Waals surface area (Å²) < 4.78 is 1.93. The Bertz CT molecular complexity index is 1000. The predicted molar refractivity (Wildman–Crippen MR) is 114 cm³/mol. The van der Waals surface area contributed by atoms with Crippen molar-refractivity contribution in [3.8, 4) is 17.1 Å². The predicted octanol–water partition coefficient (Wildman–Crippen LogP) is 3.57. The molecule has 2 aromatic carbocycles. The van der Waals surface area contributed by atoms with E-state index in [1.165, 1.54) is 11.8 Å². The number of hydrogen-bond acceptors (Lipinski definition) is 5. The number of nitrogens with one attached hydrogen (secondary N) is 2. The summed E-state index contributed by atoms with van der Waals surface area (Å²) >= 11 is 1.25. The largest absolute Gasteiger partial charge is 0.338 e. The number of hydrogen-bond donors (Lipinski definition) is 2. The summed E-state index contributed by atoms with van der Waals surface area (Å²) in [5, 5.41) is 13.7. The van der Waals surface area contributed by atoms with Gasteiger partial charge in [-0.25, -0.2) is 4.79 Å². The van der Waals surface area contributed by atoms with E-state index in [-0.39, 0.29) is 5.91 Å². The van der Waals surface area contributed by atoms with E-state index in [1.54, 1.807) is 13.8 Å². The lowest BCUT2D eigenvalue weighted by molar-refractivity contribution is -0.119. The van der Waals surface area contributed by atoms with E-state index < -0.39 is 11.3 Å². The molecule has 0 saturated carbocycles. The third-order valence-electron chi connectivity index (χ3n) is 4.15. The summed E-state index contributed by atoms with van der Waals surface area (Å²) in [6, 6.07) is 17.3. The Balaban J connectivity index is 1.93. The fourth-order valence-electron chi connectivity index (χ4n) is 2.76. The summed E-state index contributed by atoms with van der Waals surface area (Å²) in [5.41, 5.74) is 2.95. The van der Waals surface area contributed by atoms with Crippen LogP contribution in [0.2, 0.25) is 0 Å². The Hall–Kier alpha value is -3.13. The van der Waals surface area contributed by atoms with Gasteiger partial charge in [-0.05, 0) is 39.0 Å². The molecule has 7 nitrogen and oxygen atoms in total. The number of aryl methyl sites for hydroxylation is 1. The van der Waals surface area contributed by atoms with Crippen molar-refractivity contribution in [3.63, 3.8) is 0 Å². The molecule has 3 amide bonds. The number of para-hydroxylation sites is 1. The second-order valence-corrected chi connectivity index (χ2v) is 7.76. The highest BCUT2D eigenvalue weighted by Gasteiger charge is 2.22. The molecule has 0 aliphatic carbocycles. The van der Waals surface area contributed by atoms with Gasteiger partial charge in [-0.1, -0.05) is 53.7 Å². The molecule has 29 heavy (non-hydrogen) atoms. The molecule has 8 heteroatoms. The number of benzene rings is 2. The van der Waals surface area contributed by atoms with E-state index in [0.717, 1.165) is 16.8 Å². The fourth-order valence-corrected chi connectivity index (χ4v) is 3.62. The van der Waals surface area contributed by atoms with Crippen LogP contribution < -0.4 is 10.6 Å². The first-order chi connectivity index (χ1) is 14.0. The highest BCUT2D eigenvalue weighted by atomic mass is 32.2. The monoisotopic (exact) mass is 409 g/mol. The van der Waals surface area contributed by atoms with Crippen LogP contribution in [0.1, 0.15) is 19.4 Å². The average Bonchev–Trinajstić information content (AvgIpc) is 3.12. The Labute approximate surface area is 173 Å². The molecule has 0 fully saturated rings. The zero-order chi connectivity index (χ0) is 20.8. The molecule has 2 N–H and O–H groups in total. The lowest BCUT2D eigenvalue weighted by Crippen LogP contribution is -2.42. The molecule has 0 aliphatic rings. The minimum atomic E-state index is -0.533. The summed E-state index contributed by atoms with van der Waals surface area (Å²) in [5.74, 6) is 0.305. The number of nitrogens with zero attached hydrogens (tertiary/aromatic N) is 3. The van der Waals surface area contributed by atoms with Crippen LogP contribution in [0.25, 0.3) is 17.1 Å². The maximum Gasteiger partial charge on any atom is 0.321 e. The highest BCUT2D eigenvalue weighted by molar-refractivity contribution is 8.00. The molecule has 1 heterocycles. The van der Waals surface area contributed by atoms with E-state index in [4.69, 9.17) is 0 Å². The molecule has 1 aromatic heterocycles. The molecule has 1 unspecified atom stereocenters. The number of carbonyl (C=O) groups excluding carboxylic acids is 2. The normalized spacial score (nSPS) is 11.7. The minimum Gasteiger partial charge on any atom is -0.338 e. The Morgan fingerprint density at radius 2 is 1.86 bits per heavy atom. The van der Waals surface area contributed by atoms with Crippen LogP contribution in [-0.4, -0.2) is 38.5 Å². The number of aromatic nitrogens is 3. The van der Waals surface area contributed by atoms with Gasteiger partial charge in [-0.15, -0.1) is 10.2 Å². The van der Waals surface area contributed by atoms with Crippen molar-refractivity contribution in [2.75, 3.05) is 6.54 Å². The number of thioether (sulfide) groups is 1. The van der Waals surface area contributed by atoms with Crippen molar-refractivity contribution in [2.24, 2.45) is 0 Å². The van der Waals surface area contributed by atoms with Crippen molar-refractivity contribution < 1.29 is 9.59 Å². The van der Waals surface area contributed by atoms with Crippen LogP contribution in [0.3, 0.4) is 0 Å². The van der Waals surface area contributed by atoms with Gasteiger partial charge in [0.1, 0.15) is 0 Å². The second kappa shape index (κ2) is 9.38. The van der Waals surface area contributed by atoms with Crippen LogP contribution >= 0.6 is 11.8 Å². The van der Waals surface area contributed by atoms with Gasteiger partial charge in [0.2, 0.25) is 5.91 Å². The van der Waals surface area contributed by atoms with Gasteiger partial charge in [0.05, 0.1) is 5.25 Å². The van der Waals surface area contributed by atoms with E-state index >= 15 is 0 Å². The third kappa shape index (κ3) is 5.03. The van der Waals surface area contributed by atoms with Crippen molar-refractivity contribution in [3.05, 3.63) is 60.2 Å². The topological polar surface area (TPSA) is 88.9 Å². The molecule has 0 bridgehead atoms. The fraction of sp³-hybridized carbons (Fsp3) is 0.238. The first kappa shape index (κ1) is 20.6. The average molecular weight is 410 g/mol. The van der Waals surface area contributed by atoms with E-state index in [1.807, 2.05) is 66.1 Å². The van der Waals surface area contributed by atoms with Gasteiger partial charge in [-0.2, -0.15) is 0 Å². The molecule has 0 saturated heterocycles. The number of imide groups is 1. The van der Waals surface area contributed by atoms with Gasteiger partial charge in [0, 0.05) is 17.8 Å². The second-order valence-electron chi connectivity index (χ2n) is 6.46. The summed E-state index contributed by atoms with van der Waals surface area (Å²) in [6.07, 6.45) is 0. The van der Waals surface area contributed by atoms with E-state index in [0.29, 0.717) is 17.5 Å². The number of amides is 3. The van der Waals surface area contributed by atoms with Gasteiger partial charge in [0.15, 0.2) is 11.0 Å². The van der Waals surface area contributed by atoms with Crippen LogP contribution in [-0.2, 0) is 4.79 Å². The molecular weight excluding hydrogens is 386 g/mol. The number of rotatable bonds is 6. The maximum absolute atomic E-state index is 12.4. The molecule has 0 aliphatic heterocycles. The minimum absolute atomic E-state index is 0.388. The summed E-state index contributed by atoms with van der Waals surface area (Å²) in [6.45, 7) is 5.99. The summed E-state index contributed by atoms with van der Waals surface area (Å²) in [7, 11) is 0.